The fourth-order valence-electron chi connectivity index (χ4n) is 2.31. The molecule has 1 unspecified atom stereocenters. The van der Waals surface area contributed by atoms with Crippen LogP contribution in [0.25, 0.3) is 0 Å². The van der Waals surface area contributed by atoms with E-state index in [9.17, 15) is 14.4 Å². The fraction of sp³-hybridized carbons (Fsp3) is 0.263. The number of pyridine rings is 1. The lowest BCUT2D eigenvalue weighted by molar-refractivity contribution is -0.145. The molecule has 0 saturated carbocycles. The van der Waals surface area contributed by atoms with Crippen LogP contribution in [0.1, 0.15) is 22.8 Å². The van der Waals surface area contributed by atoms with E-state index in [1.165, 1.54) is 14.0 Å². The van der Waals surface area contributed by atoms with Crippen molar-refractivity contribution in [3.8, 4) is 0 Å². The van der Waals surface area contributed by atoms with E-state index in [0.717, 1.165) is 5.56 Å². The number of aromatic nitrogens is 1. The summed E-state index contributed by atoms with van der Waals surface area (Å²) in [5.74, 6) is -1.24. The van der Waals surface area contributed by atoms with Gasteiger partial charge in [-0.1, -0.05) is 12.1 Å². The van der Waals surface area contributed by atoms with Crippen LogP contribution in [0.5, 0.6) is 0 Å². The second kappa shape index (κ2) is 9.44. The van der Waals surface area contributed by atoms with Gasteiger partial charge in [0.15, 0.2) is 0 Å². The fourth-order valence-corrected chi connectivity index (χ4v) is 2.31. The number of anilines is 1. The molecule has 0 aliphatic carbocycles. The third kappa shape index (κ3) is 5.89. The number of nitrogens with two attached hydrogens (primary N) is 1. The van der Waals surface area contributed by atoms with E-state index in [1.54, 1.807) is 48.8 Å². The number of methoxy groups -OCH3 is 1. The number of benzene rings is 1. The molecule has 8 nitrogen and oxygen atoms in total. The van der Waals surface area contributed by atoms with E-state index in [1.807, 2.05) is 0 Å². The van der Waals surface area contributed by atoms with Crippen molar-refractivity contribution in [2.45, 2.75) is 25.4 Å². The van der Waals surface area contributed by atoms with E-state index >= 15 is 0 Å². The number of ether oxygens (including phenoxy) is 1. The minimum Gasteiger partial charge on any atom is -0.467 e. The summed E-state index contributed by atoms with van der Waals surface area (Å²) in [6.45, 7) is 1.53. The minimum absolute atomic E-state index is 0.240. The average Bonchev–Trinajstić information content (AvgIpc) is 2.68. The minimum atomic E-state index is -0.842. The van der Waals surface area contributed by atoms with Crippen molar-refractivity contribution in [3.63, 3.8) is 0 Å². The number of rotatable bonds is 7. The van der Waals surface area contributed by atoms with E-state index in [4.69, 9.17) is 10.5 Å². The largest absolute Gasteiger partial charge is 0.467 e. The van der Waals surface area contributed by atoms with Gasteiger partial charge in [-0.15, -0.1) is 0 Å². The highest BCUT2D eigenvalue weighted by Gasteiger charge is 2.23. The van der Waals surface area contributed by atoms with Crippen LogP contribution in [0.4, 0.5) is 5.69 Å². The molecule has 2 amide bonds. The lowest BCUT2D eigenvalue weighted by atomic mass is 10.0. The van der Waals surface area contributed by atoms with Crippen LogP contribution < -0.4 is 16.4 Å². The highest BCUT2D eigenvalue weighted by Crippen LogP contribution is 2.13. The Hall–Kier alpha value is -3.26. The van der Waals surface area contributed by atoms with Gasteiger partial charge in [-0.2, -0.15) is 0 Å². The molecule has 1 aromatic carbocycles. The van der Waals surface area contributed by atoms with Crippen LogP contribution in [0.2, 0.25) is 0 Å². The third-order valence-electron chi connectivity index (χ3n) is 3.81. The number of carbonyl (C=O) groups excluding carboxylic acids is 3. The first-order chi connectivity index (χ1) is 12.9. The molecule has 1 aromatic heterocycles. The number of amides is 2. The second-order valence-corrected chi connectivity index (χ2v) is 5.96. The molecule has 2 atom stereocenters. The quantitative estimate of drug-likeness (QED) is 0.622. The first-order valence-electron chi connectivity index (χ1n) is 8.35. The topological polar surface area (TPSA) is 123 Å². The van der Waals surface area contributed by atoms with Crippen LogP contribution in [-0.2, 0) is 20.7 Å². The third-order valence-corrected chi connectivity index (χ3v) is 3.81. The smallest absolute Gasteiger partial charge is 0.328 e. The molecule has 2 aromatic rings. The Morgan fingerprint density at radius 2 is 1.74 bits per heavy atom. The van der Waals surface area contributed by atoms with Gasteiger partial charge in [-0.3, -0.25) is 14.6 Å². The normalized spacial score (nSPS) is 12.6. The SMILES string of the molecule is COC(=O)[C@H](Cc1ccc(NC(=O)c2ccncc2)cc1)NC(=O)C(C)N. The van der Waals surface area contributed by atoms with E-state index in [0.29, 0.717) is 11.3 Å². The molecule has 0 spiro atoms. The standard InChI is InChI=1S/C19H22N4O4/c1-12(20)17(24)23-16(19(26)27-2)11-13-3-5-15(6-4-13)22-18(25)14-7-9-21-10-8-14/h3-10,12,16H,11,20H2,1-2H3,(H,22,25)(H,23,24)/t12?,16-/m0/s1. The molecule has 27 heavy (non-hydrogen) atoms. The lowest BCUT2D eigenvalue weighted by Crippen LogP contribution is -2.48. The summed E-state index contributed by atoms with van der Waals surface area (Å²) in [4.78, 5) is 39.7. The van der Waals surface area contributed by atoms with Gasteiger partial charge >= 0.3 is 5.97 Å². The zero-order valence-corrected chi connectivity index (χ0v) is 15.1. The van der Waals surface area contributed by atoms with Crippen molar-refractivity contribution in [1.29, 1.82) is 0 Å². The van der Waals surface area contributed by atoms with Crippen molar-refractivity contribution in [1.82, 2.24) is 10.3 Å². The van der Waals surface area contributed by atoms with Crippen molar-refractivity contribution in [2.24, 2.45) is 5.73 Å². The van der Waals surface area contributed by atoms with Crippen molar-refractivity contribution in [2.75, 3.05) is 12.4 Å². The maximum absolute atomic E-state index is 12.1. The molecule has 0 bridgehead atoms. The Kier molecular flexibility index (Phi) is 7.01. The number of hydrogen-bond donors (Lipinski definition) is 3. The summed E-state index contributed by atoms with van der Waals surface area (Å²) in [5.41, 5.74) is 7.42. The highest BCUT2D eigenvalue weighted by atomic mass is 16.5. The van der Waals surface area contributed by atoms with E-state index < -0.39 is 24.0 Å². The van der Waals surface area contributed by atoms with Gasteiger partial charge < -0.3 is 21.1 Å². The van der Waals surface area contributed by atoms with Crippen molar-refractivity contribution < 1.29 is 19.1 Å². The Labute approximate surface area is 157 Å². The first kappa shape index (κ1) is 20.1. The van der Waals surface area contributed by atoms with Gasteiger partial charge in [0, 0.05) is 30.1 Å². The van der Waals surface area contributed by atoms with Gasteiger partial charge in [0.25, 0.3) is 5.91 Å². The molecule has 0 radical (unpaired) electrons. The first-order valence-corrected chi connectivity index (χ1v) is 8.35. The maximum Gasteiger partial charge on any atom is 0.328 e. The summed E-state index contributed by atoms with van der Waals surface area (Å²) in [7, 11) is 1.26. The number of esters is 1. The molecule has 0 fully saturated rings. The Morgan fingerprint density at radius 3 is 2.30 bits per heavy atom. The molecule has 2 rings (SSSR count). The predicted molar refractivity (Wildman–Crippen MR) is 99.9 cm³/mol. The van der Waals surface area contributed by atoms with Crippen LogP contribution >= 0.6 is 0 Å². The van der Waals surface area contributed by atoms with Crippen molar-refractivity contribution >= 4 is 23.5 Å². The Morgan fingerprint density at radius 1 is 1.11 bits per heavy atom. The van der Waals surface area contributed by atoms with Crippen molar-refractivity contribution in [3.05, 3.63) is 59.9 Å². The average molecular weight is 370 g/mol. The number of carbonyl (C=O) groups is 3. The summed E-state index contributed by atoms with van der Waals surface area (Å²) in [6.07, 6.45) is 3.33. The summed E-state index contributed by atoms with van der Waals surface area (Å²) in [6, 6.07) is 8.62. The second-order valence-electron chi connectivity index (χ2n) is 5.96. The maximum atomic E-state index is 12.1. The van der Waals surface area contributed by atoms with Gasteiger partial charge in [0.1, 0.15) is 6.04 Å². The molecule has 1 heterocycles. The summed E-state index contributed by atoms with van der Waals surface area (Å²) in [5, 5.41) is 5.35. The van der Waals surface area contributed by atoms with E-state index in [2.05, 4.69) is 15.6 Å². The van der Waals surface area contributed by atoms with Crippen LogP contribution in [0, 0.1) is 0 Å². The van der Waals surface area contributed by atoms with Crippen LogP contribution in [0.3, 0.4) is 0 Å². The molecule has 8 heteroatoms. The highest BCUT2D eigenvalue weighted by molar-refractivity contribution is 6.04. The summed E-state index contributed by atoms with van der Waals surface area (Å²) >= 11 is 0. The predicted octanol–water partition coefficient (Wildman–Crippen LogP) is 0.881. The van der Waals surface area contributed by atoms with Crippen LogP contribution in [-0.4, -0.2) is 42.0 Å². The van der Waals surface area contributed by atoms with Gasteiger partial charge in [0.05, 0.1) is 13.2 Å². The number of nitrogens with one attached hydrogen (secondary N) is 2. The zero-order chi connectivity index (χ0) is 19.8. The van der Waals surface area contributed by atoms with E-state index in [-0.39, 0.29) is 12.3 Å². The Balaban J connectivity index is 2.03. The molecule has 142 valence electrons. The molecule has 0 saturated heterocycles. The molecule has 0 aliphatic rings. The monoisotopic (exact) mass is 370 g/mol. The molecule has 0 aliphatic heterocycles. The molecule has 4 N–H and O–H groups in total. The van der Waals surface area contributed by atoms with Gasteiger partial charge in [-0.25, -0.2) is 4.79 Å². The molecular weight excluding hydrogens is 348 g/mol. The summed E-state index contributed by atoms with van der Waals surface area (Å²) < 4.78 is 4.73. The van der Waals surface area contributed by atoms with Gasteiger partial charge in [0.2, 0.25) is 5.91 Å². The number of hydrogen-bond acceptors (Lipinski definition) is 6. The Bertz CT molecular complexity index is 791. The lowest BCUT2D eigenvalue weighted by Gasteiger charge is -2.18. The van der Waals surface area contributed by atoms with Crippen LogP contribution in [0.15, 0.2) is 48.8 Å². The molecular formula is C19H22N4O4. The van der Waals surface area contributed by atoms with Gasteiger partial charge in [-0.05, 0) is 36.8 Å². The zero-order valence-electron chi connectivity index (χ0n) is 15.1. The number of nitrogens with zero attached hydrogens (tertiary/aromatic N) is 1.